The second-order valence-corrected chi connectivity index (χ2v) is 5.94. The standard InChI is InChI=1S/C23H22O4/c1-2-23(24)27-16-15-25-20-11-12-21-19(17-20)9-6-10-22(21)26-14-13-18-7-4-3-5-8-18/h2-12,17H,1,13-16H2. The zero-order valence-electron chi connectivity index (χ0n) is 15.1. The van der Waals surface area contributed by atoms with Crippen molar-refractivity contribution in [2.75, 3.05) is 19.8 Å². The van der Waals surface area contributed by atoms with Crippen LogP contribution in [0.2, 0.25) is 0 Å². The summed E-state index contributed by atoms with van der Waals surface area (Å²) < 4.78 is 16.5. The molecule has 3 aromatic carbocycles. The predicted octanol–water partition coefficient (Wildman–Crippen LogP) is 4.57. The van der Waals surface area contributed by atoms with Gasteiger partial charge in [-0.15, -0.1) is 0 Å². The van der Waals surface area contributed by atoms with E-state index in [0.717, 1.165) is 34.8 Å². The fraction of sp³-hybridized carbons (Fsp3) is 0.174. The molecule has 4 nitrogen and oxygen atoms in total. The average molecular weight is 362 g/mol. The molecule has 0 aliphatic carbocycles. The molecule has 0 amide bonds. The Bertz CT molecular complexity index is 903. The van der Waals surface area contributed by atoms with E-state index in [1.807, 2.05) is 54.6 Å². The van der Waals surface area contributed by atoms with Crippen LogP contribution < -0.4 is 9.47 Å². The molecule has 4 heteroatoms. The highest BCUT2D eigenvalue weighted by Gasteiger charge is 2.05. The molecular weight excluding hydrogens is 340 g/mol. The number of fused-ring (bicyclic) bond motifs is 1. The summed E-state index contributed by atoms with van der Waals surface area (Å²) in [4.78, 5) is 11.0. The third kappa shape index (κ3) is 5.35. The van der Waals surface area contributed by atoms with Crippen molar-refractivity contribution in [1.29, 1.82) is 0 Å². The fourth-order valence-electron chi connectivity index (χ4n) is 2.73. The second kappa shape index (κ2) is 9.43. The van der Waals surface area contributed by atoms with Crippen LogP contribution in [0.3, 0.4) is 0 Å². The van der Waals surface area contributed by atoms with Crippen molar-refractivity contribution in [2.24, 2.45) is 0 Å². The molecule has 0 unspecified atom stereocenters. The van der Waals surface area contributed by atoms with Crippen LogP contribution in [0.1, 0.15) is 5.56 Å². The largest absolute Gasteiger partial charge is 0.493 e. The van der Waals surface area contributed by atoms with E-state index in [-0.39, 0.29) is 6.61 Å². The van der Waals surface area contributed by atoms with E-state index in [4.69, 9.17) is 14.2 Å². The zero-order chi connectivity index (χ0) is 18.9. The lowest BCUT2D eigenvalue weighted by Crippen LogP contribution is -2.10. The summed E-state index contributed by atoms with van der Waals surface area (Å²) in [6.45, 7) is 4.45. The summed E-state index contributed by atoms with van der Waals surface area (Å²) >= 11 is 0. The van der Waals surface area contributed by atoms with Gasteiger partial charge in [0.25, 0.3) is 0 Å². The maximum Gasteiger partial charge on any atom is 0.330 e. The Kier molecular flexibility index (Phi) is 6.47. The quantitative estimate of drug-likeness (QED) is 0.318. The molecule has 0 aromatic heterocycles. The molecule has 0 saturated heterocycles. The van der Waals surface area contributed by atoms with Crippen LogP contribution in [0.5, 0.6) is 11.5 Å². The summed E-state index contributed by atoms with van der Waals surface area (Å²) in [5.41, 5.74) is 1.26. The molecule has 3 rings (SSSR count). The van der Waals surface area contributed by atoms with E-state index in [2.05, 4.69) is 18.7 Å². The molecule has 0 N–H and O–H groups in total. The number of esters is 1. The highest BCUT2D eigenvalue weighted by atomic mass is 16.6. The van der Waals surface area contributed by atoms with Crippen LogP contribution in [-0.4, -0.2) is 25.8 Å². The van der Waals surface area contributed by atoms with Crippen LogP contribution in [0, 0.1) is 0 Å². The van der Waals surface area contributed by atoms with Crippen LogP contribution in [-0.2, 0) is 16.0 Å². The Morgan fingerprint density at radius 3 is 2.56 bits per heavy atom. The van der Waals surface area contributed by atoms with E-state index < -0.39 is 5.97 Å². The van der Waals surface area contributed by atoms with Crippen LogP contribution in [0.4, 0.5) is 0 Å². The van der Waals surface area contributed by atoms with Crippen molar-refractivity contribution in [3.8, 4) is 11.5 Å². The van der Waals surface area contributed by atoms with E-state index >= 15 is 0 Å². The number of ether oxygens (including phenoxy) is 3. The van der Waals surface area contributed by atoms with Crippen molar-refractivity contribution in [3.05, 3.63) is 84.9 Å². The second-order valence-electron chi connectivity index (χ2n) is 5.94. The molecule has 0 atom stereocenters. The summed E-state index contributed by atoms with van der Waals surface area (Å²) in [5, 5.41) is 2.07. The third-order valence-electron chi connectivity index (χ3n) is 4.07. The third-order valence-corrected chi connectivity index (χ3v) is 4.07. The van der Waals surface area contributed by atoms with Gasteiger partial charge in [0, 0.05) is 17.9 Å². The first kappa shape index (κ1) is 18.5. The first-order valence-electron chi connectivity index (χ1n) is 8.88. The fourth-order valence-corrected chi connectivity index (χ4v) is 2.73. The molecule has 0 heterocycles. The van der Waals surface area contributed by atoms with Crippen molar-refractivity contribution >= 4 is 16.7 Å². The molecule has 27 heavy (non-hydrogen) atoms. The summed E-state index contributed by atoms with van der Waals surface area (Å²) in [6, 6.07) is 22.1. The first-order valence-corrected chi connectivity index (χ1v) is 8.88. The number of hydrogen-bond donors (Lipinski definition) is 0. The Morgan fingerprint density at radius 1 is 0.889 bits per heavy atom. The maximum absolute atomic E-state index is 11.0. The minimum absolute atomic E-state index is 0.186. The van der Waals surface area contributed by atoms with Crippen LogP contribution in [0.25, 0.3) is 10.8 Å². The van der Waals surface area contributed by atoms with Gasteiger partial charge < -0.3 is 14.2 Å². The van der Waals surface area contributed by atoms with Gasteiger partial charge in [-0.25, -0.2) is 4.79 Å². The number of benzene rings is 3. The van der Waals surface area contributed by atoms with Gasteiger partial charge in [0.2, 0.25) is 0 Å². The summed E-state index contributed by atoms with van der Waals surface area (Å²) in [6.07, 6.45) is 2.00. The van der Waals surface area contributed by atoms with Gasteiger partial charge in [-0.3, -0.25) is 0 Å². The van der Waals surface area contributed by atoms with Gasteiger partial charge in [-0.2, -0.15) is 0 Å². The molecule has 0 radical (unpaired) electrons. The summed E-state index contributed by atoms with van der Waals surface area (Å²) in [7, 11) is 0. The van der Waals surface area contributed by atoms with Gasteiger partial charge in [-0.1, -0.05) is 49.0 Å². The Morgan fingerprint density at radius 2 is 1.74 bits per heavy atom. The van der Waals surface area contributed by atoms with Gasteiger partial charge in [0.05, 0.1) is 6.61 Å². The SMILES string of the molecule is C=CC(=O)OCCOc1ccc2c(OCCc3ccccc3)cccc2c1. The number of carbonyl (C=O) groups is 1. The molecule has 0 spiro atoms. The van der Waals surface area contributed by atoms with Crippen molar-refractivity contribution in [2.45, 2.75) is 6.42 Å². The molecule has 0 fully saturated rings. The molecule has 138 valence electrons. The van der Waals surface area contributed by atoms with E-state index in [1.165, 1.54) is 5.56 Å². The van der Waals surface area contributed by atoms with Crippen molar-refractivity contribution in [1.82, 2.24) is 0 Å². The lowest BCUT2D eigenvalue weighted by atomic mass is 10.1. The molecule has 0 aliphatic heterocycles. The predicted molar refractivity (Wildman–Crippen MR) is 106 cm³/mol. The van der Waals surface area contributed by atoms with E-state index in [1.54, 1.807) is 0 Å². The normalized spacial score (nSPS) is 10.4. The minimum atomic E-state index is -0.450. The van der Waals surface area contributed by atoms with Gasteiger partial charge in [0.15, 0.2) is 0 Å². The Balaban J connectivity index is 1.59. The minimum Gasteiger partial charge on any atom is -0.493 e. The average Bonchev–Trinajstić information content (AvgIpc) is 2.71. The van der Waals surface area contributed by atoms with Crippen molar-refractivity contribution < 1.29 is 19.0 Å². The van der Waals surface area contributed by atoms with Crippen molar-refractivity contribution in [3.63, 3.8) is 0 Å². The highest BCUT2D eigenvalue weighted by molar-refractivity contribution is 5.89. The monoisotopic (exact) mass is 362 g/mol. The van der Waals surface area contributed by atoms with Crippen LogP contribution in [0.15, 0.2) is 79.4 Å². The molecule has 0 bridgehead atoms. The molecular formula is C23H22O4. The highest BCUT2D eigenvalue weighted by Crippen LogP contribution is 2.29. The van der Waals surface area contributed by atoms with E-state index in [0.29, 0.717) is 13.2 Å². The lowest BCUT2D eigenvalue weighted by molar-refractivity contribution is -0.138. The topological polar surface area (TPSA) is 44.8 Å². The number of rotatable bonds is 9. The lowest BCUT2D eigenvalue weighted by Gasteiger charge is -2.11. The van der Waals surface area contributed by atoms with E-state index in [9.17, 15) is 4.79 Å². The molecule has 0 saturated carbocycles. The van der Waals surface area contributed by atoms with Crippen LogP contribution >= 0.6 is 0 Å². The number of hydrogen-bond acceptors (Lipinski definition) is 4. The number of carbonyl (C=O) groups excluding carboxylic acids is 1. The maximum atomic E-state index is 11.0. The van der Waals surface area contributed by atoms with Gasteiger partial charge in [-0.05, 0) is 35.2 Å². The Hall–Kier alpha value is -3.27. The first-order chi connectivity index (χ1) is 13.3. The van der Waals surface area contributed by atoms with Gasteiger partial charge in [0.1, 0.15) is 24.7 Å². The summed E-state index contributed by atoms with van der Waals surface area (Å²) in [5.74, 6) is 1.13. The Labute approximate surface area is 159 Å². The molecule has 0 aliphatic rings. The van der Waals surface area contributed by atoms with Gasteiger partial charge >= 0.3 is 5.97 Å². The smallest absolute Gasteiger partial charge is 0.330 e. The zero-order valence-corrected chi connectivity index (χ0v) is 15.1. The molecule has 3 aromatic rings.